The monoisotopic (exact) mass is 345 g/mol. The second kappa shape index (κ2) is 6.45. The average Bonchev–Trinajstić information content (AvgIpc) is 2.90. The zero-order valence-electron chi connectivity index (χ0n) is 12.9. The van der Waals surface area contributed by atoms with Gasteiger partial charge < -0.3 is 5.32 Å². The largest absolute Gasteiger partial charge is 0.305 e. The Morgan fingerprint density at radius 3 is 2.29 bits per heavy atom. The number of anilines is 1. The van der Waals surface area contributed by atoms with E-state index in [0.29, 0.717) is 22.6 Å². The van der Waals surface area contributed by atoms with Crippen LogP contribution in [0.25, 0.3) is 11.1 Å². The van der Waals surface area contributed by atoms with Crippen LogP contribution >= 0.6 is 11.3 Å². The van der Waals surface area contributed by atoms with Gasteiger partial charge >= 0.3 is 0 Å². The molecule has 2 heterocycles. The lowest BCUT2D eigenvalue weighted by Gasteiger charge is -2.08. The van der Waals surface area contributed by atoms with Crippen molar-refractivity contribution in [2.75, 3.05) is 5.32 Å². The summed E-state index contributed by atoms with van der Waals surface area (Å²) in [6.07, 6.45) is 0. The number of amides is 1. The summed E-state index contributed by atoms with van der Waals surface area (Å²) >= 11 is 1.42. The van der Waals surface area contributed by atoms with E-state index in [1.807, 2.05) is 6.92 Å². The highest BCUT2D eigenvalue weighted by atomic mass is 32.1. The molecule has 4 nitrogen and oxygen atoms in total. The molecule has 122 valence electrons. The Labute approximate surface area is 141 Å². The lowest BCUT2D eigenvalue weighted by molar-refractivity contribution is 0.102. The molecule has 0 aliphatic rings. The second-order valence-electron chi connectivity index (χ2n) is 5.25. The van der Waals surface area contributed by atoms with Crippen molar-refractivity contribution in [1.82, 2.24) is 9.97 Å². The molecule has 0 aliphatic carbocycles. The van der Waals surface area contributed by atoms with Crippen LogP contribution in [0, 0.1) is 25.5 Å². The average molecular weight is 345 g/mol. The summed E-state index contributed by atoms with van der Waals surface area (Å²) in [6.45, 7) is 3.55. The first-order chi connectivity index (χ1) is 11.4. The van der Waals surface area contributed by atoms with Crippen molar-refractivity contribution in [2.45, 2.75) is 13.8 Å². The van der Waals surface area contributed by atoms with E-state index in [4.69, 9.17) is 0 Å². The number of thiazole rings is 1. The van der Waals surface area contributed by atoms with Crippen LogP contribution in [0.1, 0.15) is 21.2 Å². The molecule has 2 aromatic heterocycles. The summed E-state index contributed by atoms with van der Waals surface area (Å²) in [5.41, 5.74) is 1.58. The van der Waals surface area contributed by atoms with Gasteiger partial charge in [0.1, 0.15) is 23.1 Å². The SMILES string of the molecule is Cc1cc(-c2cc(F)cc(F)c2)cc(C(=O)Nc2csc(C)n2)n1. The molecule has 0 fully saturated rings. The van der Waals surface area contributed by atoms with Crippen molar-refractivity contribution >= 4 is 23.1 Å². The quantitative estimate of drug-likeness (QED) is 0.768. The van der Waals surface area contributed by atoms with Gasteiger partial charge in [-0.25, -0.2) is 18.7 Å². The minimum atomic E-state index is -0.677. The maximum absolute atomic E-state index is 13.4. The summed E-state index contributed by atoms with van der Waals surface area (Å²) in [5, 5.41) is 5.22. The first-order valence-electron chi connectivity index (χ1n) is 7.09. The topological polar surface area (TPSA) is 54.9 Å². The van der Waals surface area contributed by atoms with E-state index in [2.05, 4.69) is 15.3 Å². The number of aromatic nitrogens is 2. The smallest absolute Gasteiger partial charge is 0.275 e. The Hall–Kier alpha value is -2.67. The number of nitrogens with zero attached hydrogens (tertiary/aromatic N) is 2. The predicted octanol–water partition coefficient (Wildman–Crippen LogP) is 4.35. The van der Waals surface area contributed by atoms with Crippen molar-refractivity contribution in [3.63, 3.8) is 0 Å². The van der Waals surface area contributed by atoms with E-state index in [0.717, 1.165) is 11.1 Å². The van der Waals surface area contributed by atoms with Gasteiger partial charge in [0.15, 0.2) is 0 Å². The standard InChI is InChI=1S/C17H13F2N3OS/c1-9-3-11(12-4-13(18)7-14(19)5-12)6-15(20-9)17(23)22-16-8-24-10(2)21-16/h3-8H,1-2H3,(H,22,23). The van der Waals surface area contributed by atoms with Gasteiger partial charge in [-0.1, -0.05) is 0 Å². The fraction of sp³-hybridized carbons (Fsp3) is 0.118. The molecular formula is C17H13F2N3OS. The number of carbonyl (C=O) groups excluding carboxylic acids is 1. The Bertz CT molecular complexity index is 904. The number of halogens is 2. The van der Waals surface area contributed by atoms with Gasteiger partial charge in [0, 0.05) is 17.1 Å². The molecule has 0 spiro atoms. The third-order valence-corrected chi connectivity index (χ3v) is 4.02. The molecule has 1 aromatic carbocycles. The van der Waals surface area contributed by atoms with E-state index in [9.17, 15) is 13.6 Å². The lowest BCUT2D eigenvalue weighted by atomic mass is 10.0. The van der Waals surface area contributed by atoms with E-state index in [1.165, 1.54) is 29.5 Å². The van der Waals surface area contributed by atoms with Crippen LogP contribution in [0.2, 0.25) is 0 Å². The molecule has 3 aromatic rings. The molecule has 7 heteroatoms. The molecule has 0 unspecified atom stereocenters. The first kappa shape index (κ1) is 16.2. The molecule has 1 N–H and O–H groups in total. The number of nitrogens with one attached hydrogen (secondary N) is 1. The zero-order valence-corrected chi connectivity index (χ0v) is 13.7. The van der Waals surface area contributed by atoms with Gasteiger partial charge in [-0.15, -0.1) is 11.3 Å². The van der Waals surface area contributed by atoms with E-state index < -0.39 is 17.5 Å². The molecule has 24 heavy (non-hydrogen) atoms. The molecule has 0 saturated carbocycles. The van der Waals surface area contributed by atoms with Crippen molar-refractivity contribution < 1.29 is 13.6 Å². The van der Waals surface area contributed by atoms with Crippen molar-refractivity contribution in [1.29, 1.82) is 0 Å². The Balaban J connectivity index is 1.95. The summed E-state index contributed by atoms with van der Waals surface area (Å²) < 4.78 is 26.8. The normalized spacial score (nSPS) is 10.7. The van der Waals surface area contributed by atoms with Crippen molar-refractivity contribution in [3.8, 4) is 11.1 Å². The van der Waals surface area contributed by atoms with Crippen LogP contribution < -0.4 is 5.32 Å². The number of benzene rings is 1. The van der Waals surface area contributed by atoms with Gasteiger partial charge in [-0.05, 0) is 49.2 Å². The first-order valence-corrected chi connectivity index (χ1v) is 7.97. The minimum Gasteiger partial charge on any atom is -0.305 e. The van der Waals surface area contributed by atoms with Crippen LogP contribution in [-0.4, -0.2) is 15.9 Å². The number of hydrogen-bond donors (Lipinski definition) is 1. The highest BCUT2D eigenvalue weighted by Gasteiger charge is 2.13. The molecule has 0 saturated heterocycles. The third-order valence-electron chi connectivity index (χ3n) is 3.24. The summed E-state index contributed by atoms with van der Waals surface area (Å²) in [4.78, 5) is 20.7. The van der Waals surface area contributed by atoms with Crippen LogP contribution in [0.3, 0.4) is 0 Å². The van der Waals surface area contributed by atoms with Gasteiger partial charge in [0.25, 0.3) is 5.91 Å². The predicted molar refractivity (Wildman–Crippen MR) is 89.1 cm³/mol. The van der Waals surface area contributed by atoms with E-state index in [1.54, 1.807) is 18.4 Å². The highest BCUT2D eigenvalue weighted by molar-refractivity contribution is 7.09. The number of pyridine rings is 1. The third kappa shape index (κ3) is 3.62. The summed E-state index contributed by atoms with van der Waals surface area (Å²) in [5.74, 6) is -1.34. The maximum atomic E-state index is 13.4. The number of carbonyl (C=O) groups is 1. The van der Waals surface area contributed by atoms with Crippen LogP contribution in [0.5, 0.6) is 0 Å². The van der Waals surface area contributed by atoms with Gasteiger partial charge in [0.2, 0.25) is 0 Å². The lowest BCUT2D eigenvalue weighted by Crippen LogP contribution is -2.14. The molecule has 3 rings (SSSR count). The molecule has 0 aliphatic heterocycles. The molecule has 0 radical (unpaired) electrons. The van der Waals surface area contributed by atoms with E-state index in [-0.39, 0.29) is 5.69 Å². The zero-order chi connectivity index (χ0) is 17.3. The number of aryl methyl sites for hydroxylation is 2. The summed E-state index contributed by atoms with van der Waals surface area (Å²) in [7, 11) is 0. The minimum absolute atomic E-state index is 0.153. The van der Waals surface area contributed by atoms with Crippen LogP contribution in [0.4, 0.5) is 14.6 Å². The van der Waals surface area contributed by atoms with Crippen molar-refractivity contribution in [2.24, 2.45) is 0 Å². The fourth-order valence-corrected chi connectivity index (χ4v) is 2.82. The van der Waals surface area contributed by atoms with Crippen LogP contribution in [-0.2, 0) is 0 Å². The van der Waals surface area contributed by atoms with Gasteiger partial charge in [-0.3, -0.25) is 4.79 Å². The Kier molecular flexibility index (Phi) is 4.35. The maximum Gasteiger partial charge on any atom is 0.275 e. The molecule has 1 amide bonds. The summed E-state index contributed by atoms with van der Waals surface area (Å²) in [6, 6.07) is 6.39. The number of rotatable bonds is 3. The second-order valence-corrected chi connectivity index (χ2v) is 6.31. The Morgan fingerprint density at radius 1 is 1.00 bits per heavy atom. The van der Waals surface area contributed by atoms with E-state index >= 15 is 0 Å². The fourth-order valence-electron chi connectivity index (χ4n) is 2.27. The van der Waals surface area contributed by atoms with Gasteiger partial charge in [0.05, 0.1) is 5.01 Å². The van der Waals surface area contributed by atoms with Crippen LogP contribution in [0.15, 0.2) is 35.7 Å². The molecule has 0 atom stereocenters. The Morgan fingerprint density at radius 2 is 1.67 bits per heavy atom. The van der Waals surface area contributed by atoms with Gasteiger partial charge in [-0.2, -0.15) is 0 Å². The molecule has 0 bridgehead atoms. The highest BCUT2D eigenvalue weighted by Crippen LogP contribution is 2.23. The molecular weight excluding hydrogens is 332 g/mol. The van der Waals surface area contributed by atoms with Crippen molar-refractivity contribution in [3.05, 3.63) is 63.7 Å². The number of hydrogen-bond acceptors (Lipinski definition) is 4.